The number of likely N-dealkylation sites (tertiary alicyclic amines) is 1. The number of carbonyl (C=O) groups is 1. The number of amides is 1. The van der Waals surface area contributed by atoms with Crippen LogP contribution < -0.4 is 11.1 Å². The molecule has 3 N–H and O–H groups in total. The molecule has 124 valence electrons. The molecule has 0 bridgehead atoms. The number of hydrogen-bond acceptors (Lipinski definition) is 3. The zero-order chi connectivity index (χ0) is 15.4. The Labute approximate surface area is 147 Å². The highest BCUT2D eigenvalue weighted by atomic mass is 35.5. The largest absolute Gasteiger partial charge is 0.352 e. The van der Waals surface area contributed by atoms with Crippen LogP contribution in [0.2, 0.25) is 10.0 Å². The van der Waals surface area contributed by atoms with Gasteiger partial charge in [0, 0.05) is 25.7 Å². The van der Waals surface area contributed by atoms with E-state index in [1.54, 1.807) is 6.92 Å². The smallest absolute Gasteiger partial charge is 0.236 e. The summed E-state index contributed by atoms with van der Waals surface area (Å²) in [6.45, 7) is 4.45. The Bertz CT molecular complexity index is 503. The average Bonchev–Trinajstić information content (AvgIpc) is 2.45. The van der Waals surface area contributed by atoms with Crippen molar-refractivity contribution in [2.75, 3.05) is 13.1 Å². The van der Waals surface area contributed by atoms with Gasteiger partial charge in [0.1, 0.15) is 0 Å². The fraction of sp³-hybridized carbons (Fsp3) is 0.533. The molecule has 1 aromatic carbocycles. The van der Waals surface area contributed by atoms with E-state index >= 15 is 0 Å². The third-order valence-corrected chi connectivity index (χ3v) is 4.48. The van der Waals surface area contributed by atoms with Gasteiger partial charge >= 0.3 is 0 Å². The van der Waals surface area contributed by atoms with E-state index in [0.717, 1.165) is 38.0 Å². The van der Waals surface area contributed by atoms with Crippen molar-refractivity contribution < 1.29 is 4.79 Å². The average molecular weight is 367 g/mol. The molecule has 1 amide bonds. The van der Waals surface area contributed by atoms with E-state index in [4.69, 9.17) is 28.9 Å². The first-order valence-electron chi connectivity index (χ1n) is 7.18. The van der Waals surface area contributed by atoms with E-state index in [1.165, 1.54) is 0 Å². The Morgan fingerprint density at radius 1 is 1.36 bits per heavy atom. The first-order chi connectivity index (χ1) is 9.95. The van der Waals surface area contributed by atoms with Crippen LogP contribution in [0.5, 0.6) is 0 Å². The summed E-state index contributed by atoms with van der Waals surface area (Å²) in [6.07, 6.45) is 1.89. The molecule has 0 aliphatic carbocycles. The van der Waals surface area contributed by atoms with Crippen molar-refractivity contribution in [1.82, 2.24) is 10.2 Å². The van der Waals surface area contributed by atoms with Crippen molar-refractivity contribution in [2.45, 2.75) is 38.4 Å². The fourth-order valence-corrected chi connectivity index (χ4v) is 2.78. The lowest BCUT2D eigenvalue weighted by atomic mass is 10.0. The van der Waals surface area contributed by atoms with Crippen LogP contribution in [0.3, 0.4) is 0 Å². The molecule has 1 aliphatic heterocycles. The number of nitrogens with two attached hydrogens (primary N) is 1. The molecule has 0 radical (unpaired) electrons. The highest BCUT2D eigenvalue weighted by molar-refractivity contribution is 6.42. The number of hydrogen-bond donors (Lipinski definition) is 2. The summed E-state index contributed by atoms with van der Waals surface area (Å²) in [5, 5.41) is 4.16. The van der Waals surface area contributed by atoms with E-state index in [1.807, 2.05) is 18.2 Å². The number of benzene rings is 1. The monoisotopic (exact) mass is 365 g/mol. The summed E-state index contributed by atoms with van der Waals surface area (Å²) in [5.41, 5.74) is 6.72. The van der Waals surface area contributed by atoms with Gasteiger partial charge in [0.2, 0.25) is 5.91 Å². The van der Waals surface area contributed by atoms with E-state index < -0.39 is 6.04 Å². The van der Waals surface area contributed by atoms with Gasteiger partial charge in [0.15, 0.2) is 0 Å². The second kappa shape index (κ2) is 8.94. The Morgan fingerprint density at radius 3 is 2.55 bits per heavy atom. The maximum atomic E-state index is 11.6. The number of nitrogens with one attached hydrogen (secondary N) is 1. The van der Waals surface area contributed by atoms with Crippen LogP contribution in [0.4, 0.5) is 0 Å². The van der Waals surface area contributed by atoms with Crippen molar-refractivity contribution in [2.24, 2.45) is 5.73 Å². The van der Waals surface area contributed by atoms with Gasteiger partial charge in [-0.15, -0.1) is 12.4 Å². The minimum Gasteiger partial charge on any atom is -0.352 e. The van der Waals surface area contributed by atoms with Crippen molar-refractivity contribution in [3.05, 3.63) is 33.8 Å². The molecule has 4 nitrogen and oxygen atoms in total. The summed E-state index contributed by atoms with van der Waals surface area (Å²) in [6, 6.07) is 5.52. The molecule has 0 spiro atoms. The third-order valence-electron chi connectivity index (χ3n) is 3.74. The van der Waals surface area contributed by atoms with Crippen molar-refractivity contribution in [3.8, 4) is 0 Å². The molecule has 1 atom stereocenters. The molecule has 22 heavy (non-hydrogen) atoms. The molecule has 1 unspecified atom stereocenters. The Hall–Kier alpha value is -0.520. The predicted octanol–water partition coefficient (Wildman–Crippen LogP) is 2.84. The molecular weight excluding hydrogens is 345 g/mol. The van der Waals surface area contributed by atoms with Gasteiger partial charge in [-0.25, -0.2) is 0 Å². The maximum Gasteiger partial charge on any atom is 0.236 e. The fourth-order valence-electron chi connectivity index (χ4n) is 2.46. The molecule has 1 aromatic rings. The lowest BCUT2D eigenvalue weighted by molar-refractivity contribution is -0.123. The van der Waals surface area contributed by atoms with Gasteiger partial charge in [0.25, 0.3) is 0 Å². The quantitative estimate of drug-likeness (QED) is 0.861. The van der Waals surface area contributed by atoms with Crippen LogP contribution in [0.1, 0.15) is 25.3 Å². The van der Waals surface area contributed by atoms with Gasteiger partial charge in [0.05, 0.1) is 16.1 Å². The standard InChI is InChI=1S/C15H21Cl2N3O.ClH/c1-10(18)15(21)19-12-4-6-20(7-5-12)9-11-2-3-13(16)14(17)8-11;/h2-3,8,10,12H,4-7,9,18H2,1H3,(H,19,21);1H. The highest BCUT2D eigenvalue weighted by Gasteiger charge is 2.21. The molecule has 7 heteroatoms. The number of carbonyl (C=O) groups excluding carboxylic acids is 1. The van der Waals surface area contributed by atoms with Crippen molar-refractivity contribution in [1.29, 1.82) is 0 Å². The number of rotatable bonds is 4. The minimum atomic E-state index is -0.445. The maximum absolute atomic E-state index is 11.6. The van der Waals surface area contributed by atoms with Gasteiger partial charge in [-0.1, -0.05) is 29.3 Å². The SMILES string of the molecule is CC(N)C(=O)NC1CCN(Cc2ccc(Cl)c(Cl)c2)CC1.Cl. The molecule has 1 heterocycles. The Kier molecular flexibility index (Phi) is 7.94. The normalized spacial score (nSPS) is 17.6. The van der Waals surface area contributed by atoms with Crippen LogP contribution in [-0.2, 0) is 11.3 Å². The van der Waals surface area contributed by atoms with E-state index in [2.05, 4.69) is 10.2 Å². The van der Waals surface area contributed by atoms with Crippen LogP contribution in [0.25, 0.3) is 0 Å². The Morgan fingerprint density at radius 2 is 2.00 bits per heavy atom. The molecule has 2 rings (SSSR count). The predicted molar refractivity (Wildman–Crippen MR) is 93.8 cm³/mol. The van der Waals surface area contributed by atoms with Crippen molar-refractivity contribution >= 4 is 41.5 Å². The highest BCUT2D eigenvalue weighted by Crippen LogP contribution is 2.24. The third kappa shape index (κ3) is 5.60. The first-order valence-corrected chi connectivity index (χ1v) is 7.93. The molecule has 0 aromatic heterocycles. The van der Waals surface area contributed by atoms with Gasteiger partial charge in [-0.3, -0.25) is 9.69 Å². The lowest BCUT2D eigenvalue weighted by Crippen LogP contribution is -2.48. The van der Waals surface area contributed by atoms with E-state index in [0.29, 0.717) is 10.0 Å². The van der Waals surface area contributed by atoms with Crippen LogP contribution in [-0.4, -0.2) is 36.0 Å². The van der Waals surface area contributed by atoms with E-state index in [9.17, 15) is 4.79 Å². The summed E-state index contributed by atoms with van der Waals surface area (Å²) >= 11 is 12.0. The van der Waals surface area contributed by atoms with Crippen LogP contribution in [0.15, 0.2) is 18.2 Å². The molecular formula is C15H22Cl3N3O. The second-order valence-corrected chi connectivity index (χ2v) is 6.41. The second-order valence-electron chi connectivity index (χ2n) is 5.60. The minimum absolute atomic E-state index is 0. The molecule has 1 aliphatic rings. The van der Waals surface area contributed by atoms with Crippen LogP contribution in [0, 0.1) is 0 Å². The zero-order valence-corrected chi connectivity index (χ0v) is 14.8. The summed E-state index contributed by atoms with van der Waals surface area (Å²) in [4.78, 5) is 13.9. The zero-order valence-electron chi connectivity index (χ0n) is 12.5. The molecule has 1 saturated heterocycles. The number of nitrogens with zero attached hydrogens (tertiary/aromatic N) is 1. The first kappa shape index (κ1) is 19.5. The van der Waals surface area contributed by atoms with Gasteiger partial charge < -0.3 is 11.1 Å². The Balaban J connectivity index is 0.00000242. The van der Waals surface area contributed by atoms with E-state index in [-0.39, 0.29) is 24.4 Å². The molecule has 1 fully saturated rings. The summed E-state index contributed by atoms with van der Waals surface area (Å²) in [5.74, 6) is -0.0714. The number of piperidine rings is 1. The number of halogens is 3. The molecule has 0 saturated carbocycles. The topological polar surface area (TPSA) is 58.4 Å². The summed E-state index contributed by atoms with van der Waals surface area (Å²) < 4.78 is 0. The van der Waals surface area contributed by atoms with Gasteiger partial charge in [-0.05, 0) is 37.5 Å². The van der Waals surface area contributed by atoms with Crippen LogP contribution >= 0.6 is 35.6 Å². The lowest BCUT2D eigenvalue weighted by Gasteiger charge is -2.32. The van der Waals surface area contributed by atoms with Crippen molar-refractivity contribution in [3.63, 3.8) is 0 Å². The summed E-state index contributed by atoms with van der Waals surface area (Å²) in [7, 11) is 0. The van der Waals surface area contributed by atoms with Gasteiger partial charge in [-0.2, -0.15) is 0 Å².